The second-order valence-corrected chi connectivity index (χ2v) is 34.7. The van der Waals surface area contributed by atoms with E-state index in [1.165, 1.54) is 5.56 Å². The minimum atomic E-state index is -3.49. The summed E-state index contributed by atoms with van der Waals surface area (Å²) in [6.07, 6.45) is 2.03. The molecule has 0 fully saturated rings. The van der Waals surface area contributed by atoms with E-state index in [-0.39, 0.29) is 35.1 Å². The molecule has 344 valence electrons. The molecular weight excluding hydrogens is 845 g/mol. The van der Waals surface area contributed by atoms with Gasteiger partial charge in [0.05, 0.1) is 38.6 Å². The van der Waals surface area contributed by atoms with E-state index in [1.54, 1.807) is 0 Å². The van der Waals surface area contributed by atoms with Crippen molar-refractivity contribution in [2.24, 2.45) is 5.73 Å². The highest BCUT2D eigenvalue weighted by molar-refractivity contribution is 6.94. The Morgan fingerprint density at radius 2 is 1.38 bits per heavy atom. The van der Waals surface area contributed by atoms with Crippen molar-refractivity contribution >= 4 is 60.3 Å². The Balaban J connectivity index is 2.01. The predicted octanol–water partition coefficient (Wildman–Crippen LogP) is 5.68. The number of aryl methyl sites for hydroxylation is 2. The third kappa shape index (κ3) is 21.4. The molecule has 0 amide bonds. The van der Waals surface area contributed by atoms with Gasteiger partial charge >= 0.3 is 17.4 Å². The Hall–Kier alpha value is -1.32. The molecule has 8 N–H and O–H groups in total. The lowest BCUT2D eigenvalue weighted by atomic mass is 9.97. The number of benzene rings is 2. The molecule has 0 bridgehead atoms. The fourth-order valence-corrected chi connectivity index (χ4v) is 25.2. The Labute approximate surface area is 370 Å². The van der Waals surface area contributed by atoms with Crippen LogP contribution >= 0.6 is 0 Å². The maximum absolute atomic E-state index is 10.8. The largest absolute Gasteiger partial charge is 0.507 e. The number of nitrogens with one attached hydrogen (secondary N) is 2. The van der Waals surface area contributed by atoms with Crippen LogP contribution in [0.5, 0.6) is 0 Å². The number of rotatable bonds is 33. The van der Waals surface area contributed by atoms with Crippen molar-refractivity contribution < 1.29 is 40.9 Å². The maximum Gasteiger partial charge on any atom is 0.507 e. The zero-order valence-corrected chi connectivity index (χ0v) is 44.1. The van der Waals surface area contributed by atoms with Crippen molar-refractivity contribution in [3.05, 3.63) is 53.1 Å². The highest BCUT2D eigenvalue weighted by Gasteiger charge is 2.52. The summed E-state index contributed by atoms with van der Waals surface area (Å²) < 4.78 is 45.5. The minimum absolute atomic E-state index is 0.00133. The number of aliphatic hydroxyl groups is 2. The van der Waals surface area contributed by atoms with Gasteiger partial charge in [0.1, 0.15) is 0 Å². The second-order valence-electron chi connectivity index (χ2n) is 17.9. The van der Waals surface area contributed by atoms with E-state index < -0.39 is 46.2 Å². The molecule has 0 saturated carbocycles. The van der Waals surface area contributed by atoms with Crippen LogP contribution in [0.15, 0.2) is 36.4 Å². The highest BCUT2D eigenvalue weighted by atomic mass is 28.5. The third-order valence-electron chi connectivity index (χ3n) is 9.45. The monoisotopic (exact) mass is 926 g/mol. The van der Waals surface area contributed by atoms with Gasteiger partial charge < -0.3 is 63.0 Å². The van der Waals surface area contributed by atoms with Gasteiger partial charge in [0.15, 0.2) is 16.6 Å². The lowest BCUT2D eigenvalue weighted by molar-refractivity contribution is 0.0330. The van der Waals surface area contributed by atoms with Crippen molar-refractivity contribution in [2.75, 3.05) is 63.8 Å². The zero-order valence-electron chi connectivity index (χ0n) is 39.1. The first-order valence-electron chi connectivity index (χ1n) is 21.9. The standard InChI is InChI=1S/C42H82N4O9Si5/c1-13-36-26-37(14-2)42(35(5)41(36)44)46-28-39(48)32-50-23-19-25-58(9,10)54-60(40-20-16-15-17-21-40,55-59(11,12)53-57(6,7)8)52-56-24-18-22-49-31-38(47)27-45-34(4)30-51-29-33(3)43/h15-17,20-21,26,33-34,38-39,45-48H,13-14,18-19,22-25,27-32,43-44H2,1-12H3. The number of hydrogen-bond acceptors (Lipinski definition) is 13. The quantitative estimate of drug-likeness (QED) is 0.0293. The summed E-state index contributed by atoms with van der Waals surface area (Å²) in [5.41, 5.74) is 17.4. The molecule has 2 rings (SSSR count). The first-order chi connectivity index (χ1) is 28.1. The first-order valence-corrected chi connectivity index (χ1v) is 34.1. The van der Waals surface area contributed by atoms with E-state index in [1.807, 2.05) is 39.0 Å². The summed E-state index contributed by atoms with van der Waals surface area (Å²) in [5, 5.41) is 28.9. The number of aliphatic hydroxyl groups excluding tert-OH is 2. The highest BCUT2D eigenvalue weighted by Crippen LogP contribution is 2.31. The predicted molar refractivity (Wildman–Crippen MR) is 258 cm³/mol. The molecule has 18 heteroatoms. The SMILES string of the molecule is CCc1cc(CC)c(NCC(O)COCCC[Si](C)(C)O[Si](O[Si]CCCOCC(O)CNC(C)COCC(C)N)(O[Si](C)(C)O[Si](C)(C)C)c2ccccc2)c(C)c1N. The summed E-state index contributed by atoms with van der Waals surface area (Å²) in [6.45, 7) is 28.7. The number of ether oxygens (including phenoxy) is 3. The average Bonchev–Trinajstić information content (AvgIpc) is 3.15. The molecule has 0 heterocycles. The van der Waals surface area contributed by atoms with Gasteiger partial charge in [-0.15, -0.1) is 0 Å². The molecule has 13 nitrogen and oxygen atoms in total. The molecule has 0 aliphatic rings. The summed E-state index contributed by atoms with van der Waals surface area (Å²) in [5.74, 6) is 0. The van der Waals surface area contributed by atoms with Gasteiger partial charge in [-0.05, 0) is 121 Å². The van der Waals surface area contributed by atoms with Crippen LogP contribution in [0.3, 0.4) is 0 Å². The van der Waals surface area contributed by atoms with Crippen molar-refractivity contribution in [1.29, 1.82) is 0 Å². The van der Waals surface area contributed by atoms with E-state index in [9.17, 15) is 10.2 Å². The van der Waals surface area contributed by atoms with Crippen LogP contribution in [0.4, 0.5) is 11.4 Å². The molecule has 2 radical (unpaired) electrons. The van der Waals surface area contributed by atoms with E-state index in [0.29, 0.717) is 39.5 Å². The molecule has 2 aromatic rings. The molecule has 5 unspecified atom stereocenters. The van der Waals surface area contributed by atoms with Crippen LogP contribution in [-0.2, 0) is 43.5 Å². The lowest BCUT2D eigenvalue weighted by Crippen LogP contribution is -2.67. The smallest absolute Gasteiger partial charge is 0.437 e. The fraction of sp³-hybridized carbons (Fsp3) is 0.714. The average molecular weight is 928 g/mol. The molecular formula is C42H82N4O9Si5. The molecule has 0 spiro atoms. The summed E-state index contributed by atoms with van der Waals surface area (Å²) in [4.78, 5) is 0. The Morgan fingerprint density at radius 3 is 1.98 bits per heavy atom. The van der Waals surface area contributed by atoms with Gasteiger partial charge in [0.2, 0.25) is 9.76 Å². The van der Waals surface area contributed by atoms with E-state index in [4.69, 9.17) is 42.1 Å². The summed E-state index contributed by atoms with van der Waals surface area (Å²) in [7, 11) is -10.5. The normalized spacial score (nSPS) is 15.7. The molecule has 0 aromatic heterocycles. The van der Waals surface area contributed by atoms with Crippen LogP contribution < -0.4 is 27.3 Å². The van der Waals surface area contributed by atoms with Gasteiger partial charge in [0.25, 0.3) is 0 Å². The Kier molecular flexibility index (Phi) is 24.8. The summed E-state index contributed by atoms with van der Waals surface area (Å²) in [6, 6.07) is 14.0. The van der Waals surface area contributed by atoms with Crippen LogP contribution in [-0.4, -0.2) is 131 Å². The van der Waals surface area contributed by atoms with Crippen molar-refractivity contribution in [2.45, 2.75) is 143 Å². The summed E-state index contributed by atoms with van der Waals surface area (Å²) >= 11 is 0. The lowest BCUT2D eigenvalue weighted by Gasteiger charge is -2.42. The molecule has 60 heavy (non-hydrogen) atoms. The second kappa shape index (κ2) is 27.1. The van der Waals surface area contributed by atoms with Gasteiger partial charge in [-0.25, -0.2) is 0 Å². The Morgan fingerprint density at radius 1 is 0.767 bits per heavy atom. The zero-order chi connectivity index (χ0) is 45.0. The first kappa shape index (κ1) is 54.8. The molecule has 0 aliphatic carbocycles. The molecule has 2 aromatic carbocycles. The van der Waals surface area contributed by atoms with E-state index in [2.05, 4.69) is 88.5 Å². The fourth-order valence-electron chi connectivity index (χ4n) is 6.77. The number of hydrogen-bond donors (Lipinski definition) is 6. The van der Waals surface area contributed by atoms with Gasteiger partial charge in [0, 0.05) is 54.9 Å². The van der Waals surface area contributed by atoms with Crippen LogP contribution in [0.2, 0.25) is 57.9 Å². The van der Waals surface area contributed by atoms with Crippen LogP contribution in [0.1, 0.15) is 57.2 Å². The van der Waals surface area contributed by atoms with Gasteiger partial charge in [-0.1, -0.05) is 50.2 Å². The van der Waals surface area contributed by atoms with Gasteiger partial charge in [-0.2, -0.15) is 0 Å². The minimum Gasteiger partial charge on any atom is -0.437 e. The van der Waals surface area contributed by atoms with Crippen LogP contribution in [0.25, 0.3) is 0 Å². The van der Waals surface area contributed by atoms with Crippen molar-refractivity contribution in [3.8, 4) is 0 Å². The van der Waals surface area contributed by atoms with E-state index >= 15 is 0 Å². The molecule has 0 saturated heterocycles. The topological polar surface area (TPSA) is 181 Å². The van der Waals surface area contributed by atoms with Crippen LogP contribution in [0, 0.1) is 6.92 Å². The van der Waals surface area contributed by atoms with Crippen molar-refractivity contribution in [3.63, 3.8) is 0 Å². The molecule has 0 aliphatic heterocycles. The van der Waals surface area contributed by atoms with E-state index in [0.717, 1.165) is 65.5 Å². The van der Waals surface area contributed by atoms with Gasteiger partial charge in [-0.3, -0.25) is 0 Å². The maximum atomic E-state index is 10.8. The number of nitrogen functional groups attached to an aromatic ring is 1. The number of nitrogens with two attached hydrogens (primary N) is 2. The molecule has 5 atom stereocenters. The number of anilines is 2. The third-order valence-corrected chi connectivity index (χ3v) is 25.0. The Bertz CT molecular complexity index is 1490. The van der Waals surface area contributed by atoms with Crippen molar-refractivity contribution in [1.82, 2.24) is 5.32 Å².